The first-order chi connectivity index (χ1) is 13.4. The third-order valence-corrected chi connectivity index (χ3v) is 4.45. The molecular weight excluding hydrogens is 340 g/mol. The second-order valence-electron chi connectivity index (χ2n) is 4.36. The summed E-state index contributed by atoms with van der Waals surface area (Å²) in [5.41, 5.74) is -0.731. The van der Waals surface area contributed by atoms with Gasteiger partial charge in [0.15, 0.2) is 0 Å². The van der Waals surface area contributed by atoms with Crippen LogP contribution in [-0.4, -0.2) is 20.2 Å². The molecule has 0 aliphatic heterocycles. The summed E-state index contributed by atoms with van der Waals surface area (Å²) >= 11 is 1.39. The number of carbonyl (C=O) groups excluding carboxylic acids is 2. The molecule has 0 spiro atoms. The van der Waals surface area contributed by atoms with Crippen molar-refractivity contribution in [2.45, 2.75) is 10.1 Å². The van der Waals surface area contributed by atoms with Crippen LogP contribution < -0.4 is 0 Å². The first-order valence-corrected chi connectivity index (χ1v) is 8.40. The Morgan fingerprint density at radius 2 is 1.25 bits per heavy atom. The molecule has 4 nitrogen and oxygen atoms in total. The number of thioether (sulfide) groups is 2. The topological polar surface area (TPSA) is 59.9 Å². The smallest absolute Gasteiger partial charge is 0.226 e. The van der Waals surface area contributed by atoms with Gasteiger partial charge in [-0.25, -0.2) is 9.97 Å². The van der Waals surface area contributed by atoms with Gasteiger partial charge in [0, 0.05) is 23.5 Å². The summed E-state index contributed by atoms with van der Waals surface area (Å²) in [5.74, 6) is 0. The molecule has 2 heterocycles. The number of pyridine rings is 2. The number of rotatable bonds is 4. The standard InChI is InChI=1S/C18H12N2O2S2/c21-17(23-15-9-3-5-11-19-15)13-7-1-2-8-14(13)18(22)24-16-10-4-6-12-20-16/h1-12H/i1D,2D,7D,8D. The van der Waals surface area contributed by atoms with Crippen LogP contribution in [0.4, 0.5) is 0 Å². The van der Waals surface area contributed by atoms with Crippen LogP contribution in [0.1, 0.15) is 26.2 Å². The number of aromatic nitrogens is 2. The van der Waals surface area contributed by atoms with Gasteiger partial charge in [0.25, 0.3) is 0 Å². The summed E-state index contributed by atoms with van der Waals surface area (Å²) < 4.78 is 32.0. The molecule has 0 unspecified atom stereocenters. The van der Waals surface area contributed by atoms with Gasteiger partial charge in [0.2, 0.25) is 10.2 Å². The zero-order valence-electron chi connectivity index (χ0n) is 16.1. The fourth-order valence-electron chi connectivity index (χ4n) is 1.73. The first-order valence-electron chi connectivity index (χ1n) is 8.77. The molecule has 0 atom stereocenters. The Kier molecular flexibility index (Phi) is 3.95. The lowest BCUT2D eigenvalue weighted by Crippen LogP contribution is -2.04. The van der Waals surface area contributed by atoms with E-state index in [2.05, 4.69) is 9.97 Å². The minimum atomic E-state index is -0.685. The van der Waals surface area contributed by atoms with Gasteiger partial charge in [0.05, 0.1) is 5.48 Å². The Bertz CT molecular complexity index is 966. The fraction of sp³-hybridized carbons (Fsp3) is 0. The van der Waals surface area contributed by atoms with E-state index >= 15 is 0 Å². The molecule has 3 aromatic rings. The average Bonchev–Trinajstić information content (AvgIpc) is 2.70. The van der Waals surface area contributed by atoms with Crippen LogP contribution in [0, 0.1) is 0 Å². The van der Waals surface area contributed by atoms with Crippen molar-refractivity contribution in [1.82, 2.24) is 9.97 Å². The zero-order chi connectivity index (χ0) is 20.3. The molecule has 1 aromatic carbocycles. The highest BCUT2D eigenvalue weighted by Crippen LogP contribution is 2.27. The van der Waals surface area contributed by atoms with Gasteiger partial charge < -0.3 is 0 Å². The molecule has 0 fully saturated rings. The van der Waals surface area contributed by atoms with Crippen molar-refractivity contribution in [3.63, 3.8) is 0 Å². The number of carbonyl (C=O) groups is 2. The maximum atomic E-state index is 12.8. The van der Waals surface area contributed by atoms with Crippen LogP contribution in [0.5, 0.6) is 0 Å². The molecule has 0 aliphatic rings. The van der Waals surface area contributed by atoms with Gasteiger partial charge in [-0.2, -0.15) is 0 Å². The highest BCUT2D eigenvalue weighted by molar-refractivity contribution is 8.14. The Labute approximate surface area is 153 Å². The quantitative estimate of drug-likeness (QED) is 0.648. The van der Waals surface area contributed by atoms with E-state index in [0.29, 0.717) is 33.6 Å². The van der Waals surface area contributed by atoms with E-state index in [9.17, 15) is 9.59 Å². The lowest BCUT2D eigenvalue weighted by molar-refractivity contribution is 0.105. The summed E-state index contributed by atoms with van der Waals surface area (Å²) in [7, 11) is 0. The molecule has 3 rings (SSSR count). The van der Waals surface area contributed by atoms with Crippen molar-refractivity contribution >= 4 is 33.8 Å². The average molecular weight is 356 g/mol. The molecule has 0 aliphatic carbocycles. The zero-order valence-corrected chi connectivity index (χ0v) is 13.8. The van der Waals surface area contributed by atoms with Gasteiger partial charge in [-0.05, 0) is 59.9 Å². The molecule has 0 amide bonds. The van der Waals surface area contributed by atoms with E-state index in [1.807, 2.05) is 0 Å². The van der Waals surface area contributed by atoms with Crippen LogP contribution in [0.15, 0.2) is 83.0 Å². The van der Waals surface area contributed by atoms with Gasteiger partial charge in [0.1, 0.15) is 10.1 Å². The van der Waals surface area contributed by atoms with Crippen molar-refractivity contribution < 1.29 is 15.1 Å². The number of hydrogen-bond donors (Lipinski definition) is 0. The summed E-state index contributed by atoms with van der Waals surface area (Å²) in [6.45, 7) is 0. The Balaban J connectivity index is 2.07. The maximum Gasteiger partial charge on any atom is 0.226 e. The van der Waals surface area contributed by atoms with Gasteiger partial charge >= 0.3 is 0 Å². The number of hydrogen-bond acceptors (Lipinski definition) is 6. The van der Waals surface area contributed by atoms with E-state index in [1.54, 1.807) is 36.4 Å². The normalized spacial score (nSPS) is 12.7. The van der Waals surface area contributed by atoms with Crippen molar-refractivity contribution in [2.75, 3.05) is 0 Å². The molecular formula is C18H12N2O2S2. The third kappa shape index (κ3) is 4.10. The predicted molar refractivity (Wildman–Crippen MR) is 95.3 cm³/mol. The highest BCUT2D eigenvalue weighted by atomic mass is 32.2. The molecule has 2 aromatic heterocycles. The van der Waals surface area contributed by atoms with Gasteiger partial charge in [-0.15, -0.1) is 0 Å². The number of benzene rings is 1. The molecule has 0 saturated heterocycles. The highest BCUT2D eigenvalue weighted by Gasteiger charge is 2.19. The molecule has 24 heavy (non-hydrogen) atoms. The van der Waals surface area contributed by atoms with Crippen molar-refractivity contribution in [1.29, 1.82) is 0 Å². The second-order valence-corrected chi connectivity index (χ2v) is 6.35. The van der Waals surface area contributed by atoms with Crippen LogP contribution >= 0.6 is 23.5 Å². The van der Waals surface area contributed by atoms with Crippen molar-refractivity contribution in [3.05, 3.63) is 84.1 Å². The van der Waals surface area contributed by atoms with E-state index in [1.165, 1.54) is 12.4 Å². The molecule has 6 heteroatoms. The SMILES string of the molecule is [2H]c1c([2H])c([2H])c(C(=O)Sc2ccccn2)c(C(=O)Sc2ccccn2)c1[2H]. The molecule has 0 N–H and O–H groups in total. The van der Waals surface area contributed by atoms with Crippen molar-refractivity contribution in [3.8, 4) is 0 Å². The monoisotopic (exact) mass is 356 g/mol. The number of nitrogens with zero attached hydrogens (tertiary/aromatic N) is 2. The van der Waals surface area contributed by atoms with E-state index < -0.39 is 34.4 Å². The van der Waals surface area contributed by atoms with Gasteiger partial charge in [-0.1, -0.05) is 24.2 Å². The summed E-state index contributed by atoms with van der Waals surface area (Å²) in [4.78, 5) is 33.7. The minimum absolute atomic E-state index is 0.357. The third-order valence-electron chi connectivity index (χ3n) is 2.77. The molecule has 118 valence electrons. The lowest BCUT2D eigenvalue weighted by Gasteiger charge is -2.06. The largest absolute Gasteiger partial charge is 0.281 e. The molecule has 0 saturated carbocycles. The van der Waals surface area contributed by atoms with E-state index in [-0.39, 0.29) is 11.1 Å². The van der Waals surface area contributed by atoms with Crippen LogP contribution in [-0.2, 0) is 0 Å². The Morgan fingerprint density at radius 3 is 1.62 bits per heavy atom. The maximum absolute atomic E-state index is 12.8. The van der Waals surface area contributed by atoms with E-state index in [0.717, 1.165) is 0 Å². The molecule has 0 bridgehead atoms. The van der Waals surface area contributed by atoms with Crippen LogP contribution in [0.25, 0.3) is 0 Å². The Morgan fingerprint density at radius 1 is 0.792 bits per heavy atom. The van der Waals surface area contributed by atoms with Crippen molar-refractivity contribution in [2.24, 2.45) is 0 Å². The molecule has 0 radical (unpaired) electrons. The predicted octanol–water partition coefficient (Wildman–Crippen LogP) is 4.34. The fourth-order valence-corrected chi connectivity index (χ4v) is 3.14. The first kappa shape index (κ1) is 12.0. The summed E-state index contributed by atoms with van der Waals surface area (Å²) in [5, 5.41) is -0.655. The lowest BCUT2D eigenvalue weighted by atomic mass is 10.1. The van der Waals surface area contributed by atoms with Crippen LogP contribution in [0.3, 0.4) is 0 Å². The Hall–Kier alpha value is -2.44. The van der Waals surface area contributed by atoms with Gasteiger partial charge in [-0.3, -0.25) is 9.59 Å². The van der Waals surface area contributed by atoms with E-state index in [4.69, 9.17) is 5.48 Å². The van der Waals surface area contributed by atoms with Crippen LogP contribution in [0.2, 0.25) is 0 Å². The minimum Gasteiger partial charge on any atom is -0.281 e. The summed E-state index contributed by atoms with van der Waals surface area (Å²) in [6.07, 6.45) is 3.00. The summed E-state index contributed by atoms with van der Waals surface area (Å²) in [6, 6.07) is 7.67. The second kappa shape index (κ2) is 7.90.